The largest absolute Gasteiger partial charge is 0.444 e. The third-order valence-electron chi connectivity index (χ3n) is 3.82. The van der Waals surface area contributed by atoms with E-state index in [9.17, 15) is 9.18 Å². The van der Waals surface area contributed by atoms with E-state index in [-0.39, 0.29) is 5.69 Å². The molecule has 1 aliphatic rings. The summed E-state index contributed by atoms with van der Waals surface area (Å²) < 4.78 is 19.0. The van der Waals surface area contributed by atoms with E-state index in [1.807, 2.05) is 0 Å². The quantitative estimate of drug-likeness (QED) is 0.845. The first-order chi connectivity index (χ1) is 10.2. The lowest BCUT2D eigenvalue weighted by molar-refractivity contribution is 0.0635. The number of hydrogen-bond acceptors (Lipinski definition) is 3. The molecule has 5 heteroatoms. The minimum Gasteiger partial charge on any atom is -0.444 e. The van der Waals surface area contributed by atoms with Crippen molar-refractivity contribution in [2.75, 3.05) is 10.6 Å². The van der Waals surface area contributed by atoms with Gasteiger partial charge in [0.25, 0.3) is 0 Å². The van der Waals surface area contributed by atoms with Crippen molar-refractivity contribution in [1.29, 1.82) is 0 Å². The van der Waals surface area contributed by atoms with E-state index in [0.29, 0.717) is 12.0 Å². The first-order valence-electron chi connectivity index (χ1n) is 7.81. The lowest BCUT2D eigenvalue weighted by Crippen LogP contribution is -2.27. The summed E-state index contributed by atoms with van der Waals surface area (Å²) >= 11 is 0. The maximum Gasteiger partial charge on any atom is 0.412 e. The Bertz CT molecular complexity index is 540. The van der Waals surface area contributed by atoms with E-state index in [2.05, 4.69) is 17.6 Å². The van der Waals surface area contributed by atoms with Gasteiger partial charge < -0.3 is 10.1 Å². The second kappa shape index (κ2) is 6.55. The summed E-state index contributed by atoms with van der Waals surface area (Å²) in [6.45, 7) is 7.52. The second-order valence-corrected chi connectivity index (χ2v) is 6.98. The number of ether oxygens (including phenoxy) is 1. The van der Waals surface area contributed by atoms with Gasteiger partial charge in [-0.1, -0.05) is 13.3 Å². The van der Waals surface area contributed by atoms with Gasteiger partial charge in [0, 0.05) is 11.7 Å². The van der Waals surface area contributed by atoms with Crippen LogP contribution in [-0.4, -0.2) is 17.7 Å². The molecule has 0 aliphatic heterocycles. The summed E-state index contributed by atoms with van der Waals surface area (Å²) in [6, 6.07) is 5.07. The molecule has 2 rings (SSSR count). The molecular formula is C17H25FN2O2. The zero-order valence-corrected chi connectivity index (χ0v) is 13.7. The molecular weight excluding hydrogens is 283 g/mol. The highest BCUT2D eigenvalue weighted by Crippen LogP contribution is 2.29. The molecule has 0 radical (unpaired) electrons. The fourth-order valence-corrected chi connectivity index (χ4v) is 2.70. The summed E-state index contributed by atoms with van der Waals surface area (Å²) in [5, 5.41) is 5.89. The van der Waals surface area contributed by atoms with E-state index in [1.165, 1.54) is 18.9 Å². The van der Waals surface area contributed by atoms with Crippen LogP contribution in [0.3, 0.4) is 0 Å². The Morgan fingerprint density at radius 3 is 2.64 bits per heavy atom. The van der Waals surface area contributed by atoms with Crippen molar-refractivity contribution in [2.45, 2.75) is 58.6 Å². The SMILES string of the molecule is CC1CCCC1Nc1ccc(F)c(NC(=O)OC(C)(C)C)c1. The van der Waals surface area contributed by atoms with Gasteiger partial charge in [0.15, 0.2) is 0 Å². The van der Waals surface area contributed by atoms with E-state index >= 15 is 0 Å². The molecule has 0 saturated heterocycles. The Hall–Kier alpha value is -1.78. The Morgan fingerprint density at radius 1 is 1.32 bits per heavy atom. The van der Waals surface area contributed by atoms with Crippen molar-refractivity contribution in [3.63, 3.8) is 0 Å². The molecule has 0 bridgehead atoms. The zero-order chi connectivity index (χ0) is 16.3. The highest BCUT2D eigenvalue weighted by atomic mass is 19.1. The number of amides is 1. The Balaban J connectivity index is 2.05. The van der Waals surface area contributed by atoms with Gasteiger partial charge in [0.1, 0.15) is 11.4 Å². The third kappa shape index (κ3) is 4.61. The molecule has 0 heterocycles. The minimum absolute atomic E-state index is 0.130. The molecule has 4 nitrogen and oxygen atoms in total. The van der Waals surface area contributed by atoms with Crippen LogP contribution in [0, 0.1) is 11.7 Å². The Morgan fingerprint density at radius 2 is 2.05 bits per heavy atom. The number of benzene rings is 1. The standard InChI is InChI=1S/C17H25FN2O2/c1-11-6-5-7-14(11)19-12-8-9-13(18)15(10-12)20-16(21)22-17(2,3)4/h8-11,14,19H,5-7H2,1-4H3,(H,20,21). The molecule has 122 valence electrons. The minimum atomic E-state index is -0.655. The number of rotatable bonds is 3. The number of carbonyl (C=O) groups is 1. The summed E-state index contributed by atoms with van der Waals surface area (Å²) in [6.07, 6.45) is 2.89. The van der Waals surface area contributed by atoms with Crippen LogP contribution in [0.25, 0.3) is 0 Å². The molecule has 2 unspecified atom stereocenters. The van der Waals surface area contributed by atoms with Crippen molar-refractivity contribution in [2.24, 2.45) is 5.92 Å². The van der Waals surface area contributed by atoms with E-state index < -0.39 is 17.5 Å². The van der Waals surface area contributed by atoms with Crippen molar-refractivity contribution in [1.82, 2.24) is 0 Å². The van der Waals surface area contributed by atoms with Crippen LogP contribution in [0.2, 0.25) is 0 Å². The van der Waals surface area contributed by atoms with E-state index in [4.69, 9.17) is 4.74 Å². The van der Waals surface area contributed by atoms with E-state index in [1.54, 1.807) is 32.9 Å². The van der Waals surface area contributed by atoms with Crippen LogP contribution in [0.5, 0.6) is 0 Å². The number of hydrogen-bond donors (Lipinski definition) is 2. The number of carbonyl (C=O) groups excluding carboxylic acids is 1. The van der Waals surface area contributed by atoms with Crippen LogP contribution < -0.4 is 10.6 Å². The van der Waals surface area contributed by atoms with Crippen molar-refractivity contribution in [3.8, 4) is 0 Å². The van der Waals surface area contributed by atoms with Gasteiger partial charge in [-0.15, -0.1) is 0 Å². The van der Waals surface area contributed by atoms with Crippen LogP contribution >= 0.6 is 0 Å². The van der Waals surface area contributed by atoms with Gasteiger partial charge in [-0.2, -0.15) is 0 Å². The maximum absolute atomic E-state index is 13.9. The molecule has 1 saturated carbocycles. The smallest absolute Gasteiger partial charge is 0.412 e. The molecule has 0 aromatic heterocycles. The van der Waals surface area contributed by atoms with Gasteiger partial charge in [-0.25, -0.2) is 9.18 Å². The lowest BCUT2D eigenvalue weighted by atomic mass is 10.1. The Labute approximate surface area is 131 Å². The topological polar surface area (TPSA) is 50.4 Å². The molecule has 0 spiro atoms. The fourth-order valence-electron chi connectivity index (χ4n) is 2.70. The summed E-state index contributed by atoms with van der Waals surface area (Å²) in [5.41, 5.74) is 0.325. The van der Waals surface area contributed by atoms with Crippen LogP contribution in [-0.2, 0) is 4.74 Å². The number of nitrogens with one attached hydrogen (secondary N) is 2. The summed E-state index contributed by atoms with van der Waals surface area (Å²) in [7, 11) is 0. The van der Waals surface area contributed by atoms with E-state index in [0.717, 1.165) is 12.1 Å². The predicted octanol–water partition coefficient (Wildman–Crippen LogP) is 4.77. The lowest BCUT2D eigenvalue weighted by Gasteiger charge is -2.21. The molecule has 2 N–H and O–H groups in total. The molecule has 1 aromatic carbocycles. The number of halogens is 1. The van der Waals surface area contributed by atoms with Crippen LogP contribution in [0.15, 0.2) is 18.2 Å². The molecule has 1 amide bonds. The summed E-state index contributed by atoms with van der Waals surface area (Å²) in [5.74, 6) is 0.128. The monoisotopic (exact) mass is 308 g/mol. The number of anilines is 2. The van der Waals surface area contributed by atoms with Crippen LogP contribution in [0.1, 0.15) is 47.0 Å². The Kier molecular flexibility index (Phi) is 4.94. The van der Waals surface area contributed by atoms with Gasteiger partial charge >= 0.3 is 6.09 Å². The second-order valence-electron chi connectivity index (χ2n) is 6.98. The molecule has 22 heavy (non-hydrogen) atoms. The molecule has 1 aliphatic carbocycles. The van der Waals surface area contributed by atoms with Gasteiger partial charge in [0.2, 0.25) is 0 Å². The first-order valence-corrected chi connectivity index (χ1v) is 7.81. The average molecular weight is 308 g/mol. The molecule has 2 atom stereocenters. The molecule has 1 fully saturated rings. The maximum atomic E-state index is 13.9. The normalized spacial score (nSPS) is 21.5. The highest BCUT2D eigenvalue weighted by molar-refractivity contribution is 5.85. The zero-order valence-electron chi connectivity index (χ0n) is 13.7. The third-order valence-corrected chi connectivity index (χ3v) is 3.82. The van der Waals surface area contributed by atoms with Gasteiger partial charge in [-0.05, 0) is 57.7 Å². The molecule has 1 aromatic rings. The van der Waals surface area contributed by atoms with Crippen molar-refractivity contribution in [3.05, 3.63) is 24.0 Å². The fraction of sp³-hybridized carbons (Fsp3) is 0.588. The highest BCUT2D eigenvalue weighted by Gasteiger charge is 2.23. The van der Waals surface area contributed by atoms with Crippen molar-refractivity contribution < 1.29 is 13.9 Å². The predicted molar refractivity (Wildman–Crippen MR) is 86.7 cm³/mol. The first kappa shape index (κ1) is 16.6. The van der Waals surface area contributed by atoms with Crippen molar-refractivity contribution >= 4 is 17.5 Å². The average Bonchev–Trinajstić information content (AvgIpc) is 2.77. The van der Waals surface area contributed by atoms with Crippen LogP contribution in [0.4, 0.5) is 20.6 Å². The van der Waals surface area contributed by atoms with Gasteiger partial charge in [0.05, 0.1) is 5.69 Å². The summed E-state index contributed by atoms with van der Waals surface area (Å²) in [4.78, 5) is 11.8. The van der Waals surface area contributed by atoms with Gasteiger partial charge in [-0.3, -0.25) is 5.32 Å².